The number of fused-ring (bicyclic) bond motifs is 1. The topological polar surface area (TPSA) is 65.5 Å². The molecule has 0 saturated carbocycles. The maximum Gasteiger partial charge on any atom is 0.321 e. The summed E-state index contributed by atoms with van der Waals surface area (Å²) < 4.78 is 1.23. The van der Waals surface area contributed by atoms with Crippen molar-refractivity contribution in [3.8, 4) is 0 Å². The van der Waals surface area contributed by atoms with Gasteiger partial charge in [0.15, 0.2) is 0 Å². The van der Waals surface area contributed by atoms with Gasteiger partial charge in [-0.3, -0.25) is 9.69 Å². The Labute approximate surface area is 173 Å². The first kappa shape index (κ1) is 18.1. The van der Waals surface area contributed by atoms with E-state index >= 15 is 0 Å². The van der Waals surface area contributed by atoms with Crippen molar-refractivity contribution in [1.29, 1.82) is 0 Å². The van der Waals surface area contributed by atoms with Crippen LogP contribution in [0.5, 0.6) is 0 Å². The smallest absolute Gasteiger partial charge is 0.321 e. The zero-order valence-corrected chi connectivity index (χ0v) is 16.8. The van der Waals surface area contributed by atoms with Gasteiger partial charge in [-0.15, -0.1) is 11.3 Å². The summed E-state index contributed by atoms with van der Waals surface area (Å²) in [5.41, 5.74) is 2.57. The largest absolute Gasteiger partial charge is 0.339 e. The summed E-state index contributed by atoms with van der Waals surface area (Å²) in [5, 5.41) is 3.98. The van der Waals surface area contributed by atoms with Crippen LogP contribution in [0.25, 0.3) is 10.2 Å². The van der Waals surface area contributed by atoms with Crippen molar-refractivity contribution in [3.63, 3.8) is 0 Å². The molecule has 1 aromatic heterocycles. The Kier molecular flexibility index (Phi) is 4.67. The van der Waals surface area contributed by atoms with Crippen molar-refractivity contribution in [2.24, 2.45) is 0 Å². The number of carbonyl (C=O) groups excluding carboxylic acids is 2. The van der Waals surface area contributed by atoms with Crippen LogP contribution in [0.15, 0.2) is 48.5 Å². The number of urea groups is 1. The lowest BCUT2D eigenvalue weighted by Crippen LogP contribution is -2.38. The zero-order chi connectivity index (χ0) is 19.8. The predicted octanol–water partition coefficient (Wildman–Crippen LogP) is 3.85. The summed E-state index contributed by atoms with van der Waals surface area (Å²) in [4.78, 5) is 33.1. The van der Waals surface area contributed by atoms with Crippen LogP contribution < -0.4 is 10.2 Å². The average Bonchev–Trinajstić information content (AvgIpc) is 3.39. The quantitative estimate of drug-likeness (QED) is 0.719. The SMILES string of the molecule is O=C(c1ccc(N2CCNC2=O)cc1)N1CCC(c2nc3ccccc3s2)CC1. The molecule has 2 saturated heterocycles. The lowest BCUT2D eigenvalue weighted by molar-refractivity contribution is 0.0713. The number of likely N-dealkylation sites (tertiary alicyclic amines) is 1. The molecule has 0 bridgehead atoms. The number of hydrogen-bond donors (Lipinski definition) is 1. The van der Waals surface area contributed by atoms with Crippen LogP contribution in [0, 0.1) is 0 Å². The lowest BCUT2D eigenvalue weighted by Gasteiger charge is -2.31. The highest BCUT2D eigenvalue weighted by atomic mass is 32.1. The molecule has 2 aliphatic heterocycles. The Balaban J connectivity index is 1.23. The number of benzene rings is 2. The Hall–Kier alpha value is -2.93. The second-order valence-electron chi connectivity index (χ2n) is 7.52. The van der Waals surface area contributed by atoms with E-state index in [4.69, 9.17) is 4.98 Å². The van der Waals surface area contributed by atoms with Crippen LogP contribution in [0.3, 0.4) is 0 Å². The summed E-state index contributed by atoms with van der Waals surface area (Å²) >= 11 is 1.77. The molecule has 3 heterocycles. The van der Waals surface area contributed by atoms with Gasteiger partial charge in [-0.2, -0.15) is 0 Å². The van der Waals surface area contributed by atoms with Crippen molar-refractivity contribution in [1.82, 2.24) is 15.2 Å². The number of para-hydroxylation sites is 1. The first-order valence-corrected chi connectivity index (χ1v) is 10.8. The third kappa shape index (κ3) is 3.46. The van der Waals surface area contributed by atoms with Crippen molar-refractivity contribution in [2.45, 2.75) is 18.8 Å². The maximum absolute atomic E-state index is 12.9. The average molecular weight is 407 g/mol. The fourth-order valence-corrected chi connectivity index (χ4v) is 5.22. The number of anilines is 1. The number of amides is 3. The summed E-state index contributed by atoms with van der Waals surface area (Å²) in [6.07, 6.45) is 1.88. The van der Waals surface area contributed by atoms with Gasteiger partial charge in [0.2, 0.25) is 0 Å². The molecular formula is C22H22N4O2S. The normalized spacial score (nSPS) is 17.7. The van der Waals surface area contributed by atoms with E-state index in [1.807, 2.05) is 41.3 Å². The van der Waals surface area contributed by atoms with Gasteiger partial charge >= 0.3 is 6.03 Å². The molecule has 2 fully saturated rings. The second kappa shape index (κ2) is 7.48. The molecule has 0 unspecified atom stereocenters. The number of piperidine rings is 1. The molecule has 5 rings (SSSR count). The van der Waals surface area contributed by atoms with Crippen LogP contribution in [-0.4, -0.2) is 48.0 Å². The molecule has 29 heavy (non-hydrogen) atoms. The van der Waals surface area contributed by atoms with Gasteiger partial charge in [0.25, 0.3) is 5.91 Å². The molecule has 0 aliphatic carbocycles. The van der Waals surface area contributed by atoms with Crippen molar-refractivity contribution in [2.75, 3.05) is 31.1 Å². The van der Waals surface area contributed by atoms with Crippen molar-refractivity contribution in [3.05, 3.63) is 59.1 Å². The highest BCUT2D eigenvalue weighted by molar-refractivity contribution is 7.18. The second-order valence-corrected chi connectivity index (χ2v) is 8.58. The molecule has 3 aromatic rings. The molecule has 0 radical (unpaired) electrons. The number of rotatable bonds is 3. The van der Waals surface area contributed by atoms with Gasteiger partial charge in [-0.05, 0) is 49.2 Å². The van der Waals surface area contributed by atoms with E-state index in [2.05, 4.69) is 17.4 Å². The van der Waals surface area contributed by atoms with E-state index in [0.29, 0.717) is 24.6 Å². The molecule has 3 amide bonds. The number of hydrogen-bond acceptors (Lipinski definition) is 4. The highest BCUT2D eigenvalue weighted by Gasteiger charge is 2.27. The molecule has 0 atom stereocenters. The van der Waals surface area contributed by atoms with Gasteiger partial charge in [-0.25, -0.2) is 9.78 Å². The van der Waals surface area contributed by atoms with Gasteiger partial charge in [0.1, 0.15) is 0 Å². The third-order valence-corrected chi connectivity index (χ3v) is 6.92. The Bertz CT molecular complexity index is 1020. The van der Waals surface area contributed by atoms with E-state index in [-0.39, 0.29) is 11.9 Å². The first-order chi connectivity index (χ1) is 14.2. The van der Waals surface area contributed by atoms with Crippen molar-refractivity contribution < 1.29 is 9.59 Å². The summed E-state index contributed by atoms with van der Waals surface area (Å²) in [7, 11) is 0. The van der Waals surface area contributed by atoms with Crippen LogP contribution in [0.4, 0.5) is 10.5 Å². The Morgan fingerprint density at radius 3 is 2.48 bits per heavy atom. The van der Waals surface area contributed by atoms with Gasteiger partial charge < -0.3 is 10.2 Å². The Morgan fingerprint density at radius 2 is 1.79 bits per heavy atom. The lowest BCUT2D eigenvalue weighted by atomic mass is 9.97. The van der Waals surface area contributed by atoms with E-state index in [0.717, 1.165) is 37.1 Å². The number of nitrogens with zero attached hydrogens (tertiary/aromatic N) is 3. The minimum absolute atomic E-state index is 0.0603. The van der Waals surface area contributed by atoms with E-state index in [1.165, 1.54) is 9.71 Å². The predicted molar refractivity (Wildman–Crippen MR) is 115 cm³/mol. The van der Waals surface area contributed by atoms with Crippen LogP contribution in [0.2, 0.25) is 0 Å². The molecule has 2 aliphatic rings. The fourth-order valence-electron chi connectivity index (χ4n) is 4.08. The van der Waals surface area contributed by atoms with Crippen LogP contribution in [0.1, 0.15) is 34.1 Å². The van der Waals surface area contributed by atoms with Gasteiger partial charge in [0.05, 0.1) is 15.2 Å². The minimum atomic E-state index is -0.0824. The monoisotopic (exact) mass is 406 g/mol. The molecule has 7 heteroatoms. The molecule has 2 aromatic carbocycles. The van der Waals surface area contributed by atoms with Crippen LogP contribution in [-0.2, 0) is 0 Å². The Morgan fingerprint density at radius 1 is 1.03 bits per heavy atom. The number of carbonyl (C=O) groups is 2. The van der Waals surface area contributed by atoms with Crippen LogP contribution >= 0.6 is 11.3 Å². The maximum atomic E-state index is 12.9. The summed E-state index contributed by atoms with van der Waals surface area (Å²) in [6.45, 7) is 2.81. The van der Waals surface area contributed by atoms with E-state index < -0.39 is 0 Å². The fraction of sp³-hybridized carbons (Fsp3) is 0.318. The summed E-state index contributed by atoms with van der Waals surface area (Å²) in [6, 6.07) is 15.5. The summed E-state index contributed by atoms with van der Waals surface area (Å²) in [5.74, 6) is 0.484. The van der Waals surface area contributed by atoms with E-state index in [9.17, 15) is 9.59 Å². The number of nitrogens with one attached hydrogen (secondary N) is 1. The van der Waals surface area contributed by atoms with Gasteiger partial charge in [-0.1, -0.05) is 12.1 Å². The minimum Gasteiger partial charge on any atom is -0.339 e. The molecule has 1 N–H and O–H groups in total. The third-order valence-electron chi connectivity index (χ3n) is 5.72. The van der Waals surface area contributed by atoms with Gasteiger partial charge in [0, 0.05) is 43.3 Å². The first-order valence-electron chi connectivity index (χ1n) is 9.99. The number of aromatic nitrogens is 1. The van der Waals surface area contributed by atoms with Crippen molar-refractivity contribution >= 4 is 39.2 Å². The van der Waals surface area contributed by atoms with E-state index in [1.54, 1.807) is 16.2 Å². The highest BCUT2D eigenvalue weighted by Crippen LogP contribution is 2.34. The molecule has 148 valence electrons. The number of thiazole rings is 1. The molecule has 0 spiro atoms. The zero-order valence-electron chi connectivity index (χ0n) is 16.0. The standard InChI is InChI=1S/C22H22N4O2S/c27-21(16-5-7-17(8-6-16)26-14-11-23-22(26)28)25-12-9-15(10-13-25)20-24-18-3-1-2-4-19(18)29-20/h1-8,15H,9-14H2,(H,23,28). The molecular weight excluding hydrogens is 384 g/mol. The molecule has 6 nitrogen and oxygen atoms in total.